The molecule has 0 N–H and O–H groups in total. The van der Waals surface area contributed by atoms with Crippen molar-refractivity contribution in [3.8, 4) is 17.0 Å². The molecular weight excluding hydrogens is 405 g/mol. The molecular formula is C22H22FN3O3S. The van der Waals surface area contributed by atoms with Crippen LogP contribution < -0.4 is 4.74 Å². The molecule has 1 amide bonds. The lowest BCUT2D eigenvalue weighted by Crippen LogP contribution is -2.39. The molecule has 1 saturated carbocycles. The smallest absolute Gasteiger partial charge is 0.276 e. The van der Waals surface area contributed by atoms with Gasteiger partial charge in [0.15, 0.2) is 5.69 Å². The molecule has 30 heavy (non-hydrogen) atoms. The van der Waals surface area contributed by atoms with E-state index in [1.54, 1.807) is 23.5 Å². The number of thiazole rings is 1. The highest BCUT2D eigenvalue weighted by Crippen LogP contribution is 2.40. The molecule has 156 valence electrons. The van der Waals surface area contributed by atoms with Crippen LogP contribution in [0.25, 0.3) is 11.3 Å². The molecule has 5 rings (SSSR count). The van der Waals surface area contributed by atoms with E-state index in [2.05, 4.69) is 5.16 Å². The Labute approximate surface area is 177 Å². The Balaban J connectivity index is 1.32. The van der Waals surface area contributed by atoms with Crippen LogP contribution in [0, 0.1) is 5.82 Å². The first-order chi connectivity index (χ1) is 14.6. The number of benzene rings is 1. The lowest BCUT2D eigenvalue weighted by atomic mass is 9.98. The van der Waals surface area contributed by atoms with Gasteiger partial charge in [-0.1, -0.05) is 5.16 Å². The van der Waals surface area contributed by atoms with Crippen molar-refractivity contribution in [3.05, 3.63) is 51.9 Å². The number of likely N-dealkylation sites (tertiary alicyclic amines) is 1. The number of halogens is 1. The number of aromatic nitrogens is 2. The second-order valence-electron chi connectivity index (χ2n) is 7.89. The average molecular weight is 428 g/mol. The fourth-order valence-electron chi connectivity index (χ4n) is 3.95. The summed E-state index contributed by atoms with van der Waals surface area (Å²) in [7, 11) is 1.52. The highest BCUT2D eigenvalue weighted by molar-refractivity contribution is 7.10. The molecule has 3 aromatic rings. The number of carbonyl (C=O) groups excluding carboxylic acids is 1. The number of ether oxygens (including phenoxy) is 1. The van der Waals surface area contributed by atoms with E-state index in [9.17, 15) is 9.18 Å². The van der Waals surface area contributed by atoms with E-state index in [0.717, 1.165) is 47.7 Å². The Morgan fingerprint density at radius 2 is 2.13 bits per heavy atom. The summed E-state index contributed by atoms with van der Waals surface area (Å²) >= 11 is 1.57. The monoisotopic (exact) mass is 427 g/mol. The third-order valence-electron chi connectivity index (χ3n) is 5.75. The maximum Gasteiger partial charge on any atom is 0.276 e. The van der Waals surface area contributed by atoms with Gasteiger partial charge in [0.1, 0.15) is 17.3 Å². The maximum atomic E-state index is 13.5. The Bertz CT molecular complexity index is 1080. The van der Waals surface area contributed by atoms with Crippen molar-refractivity contribution in [3.63, 3.8) is 0 Å². The van der Waals surface area contributed by atoms with E-state index in [1.807, 2.05) is 10.3 Å². The second kappa shape index (κ2) is 7.83. The Morgan fingerprint density at radius 1 is 1.27 bits per heavy atom. The molecule has 0 bridgehead atoms. The van der Waals surface area contributed by atoms with E-state index in [-0.39, 0.29) is 17.6 Å². The first kappa shape index (κ1) is 19.2. The van der Waals surface area contributed by atoms with Crippen LogP contribution in [0.15, 0.2) is 34.2 Å². The van der Waals surface area contributed by atoms with Crippen LogP contribution in [0.2, 0.25) is 0 Å². The van der Waals surface area contributed by atoms with Crippen molar-refractivity contribution >= 4 is 17.2 Å². The predicted molar refractivity (Wildman–Crippen MR) is 110 cm³/mol. The van der Waals surface area contributed by atoms with Crippen LogP contribution in [0.1, 0.15) is 58.8 Å². The molecule has 1 aliphatic heterocycles. The molecule has 1 saturated heterocycles. The predicted octanol–water partition coefficient (Wildman–Crippen LogP) is 4.84. The van der Waals surface area contributed by atoms with Crippen molar-refractivity contribution in [2.45, 2.75) is 37.5 Å². The van der Waals surface area contributed by atoms with Gasteiger partial charge in [-0.2, -0.15) is 0 Å². The number of amides is 1. The van der Waals surface area contributed by atoms with Gasteiger partial charge >= 0.3 is 0 Å². The normalized spacial score (nSPS) is 19.1. The third kappa shape index (κ3) is 3.71. The van der Waals surface area contributed by atoms with Crippen LogP contribution in [0.4, 0.5) is 4.39 Å². The maximum absolute atomic E-state index is 13.5. The molecule has 2 fully saturated rings. The van der Waals surface area contributed by atoms with Gasteiger partial charge < -0.3 is 14.2 Å². The van der Waals surface area contributed by atoms with Crippen molar-refractivity contribution in [2.75, 3.05) is 20.2 Å². The van der Waals surface area contributed by atoms with Crippen LogP contribution in [-0.4, -0.2) is 41.1 Å². The largest absolute Gasteiger partial charge is 0.496 e. The van der Waals surface area contributed by atoms with Crippen LogP contribution in [0.3, 0.4) is 0 Å². The zero-order valence-electron chi connectivity index (χ0n) is 16.6. The number of methoxy groups -OCH3 is 1. The van der Waals surface area contributed by atoms with E-state index in [0.29, 0.717) is 30.5 Å². The molecule has 1 unspecified atom stereocenters. The summed E-state index contributed by atoms with van der Waals surface area (Å²) in [5, 5.41) is 6.94. The highest BCUT2D eigenvalue weighted by Gasteiger charge is 2.32. The van der Waals surface area contributed by atoms with E-state index < -0.39 is 0 Å². The fraction of sp³-hybridized carbons (Fsp3) is 0.409. The summed E-state index contributed by atoms with van der Waals surface area (Å²) in [5.41, 5.74) is 1.93. The van der Waals surface area contributed by atoms with Gasteiger partial charge in [-0.05, 0) is 37.8 Å². The van der Waals surface area contributed by atoms with Gasteiger partial charge in [0.25, 0.3) is 5.91 Å². The molecule has 0 radical (unpaired) electrons. The lowest BCUT2D eigenvalue weighted by molar-refractivity contribution is 0.0696. The molecule has 1 atom stereocenters. The number of hydrogen-bond acceptors (Lipinski definition) is 6. The van der Waals surface area contributed by atoms with Crippen LogP contribution in [-0.2, 0) is 0 Å². The molecule has 3 heterocycles. The zero-order valence-corrected chi connectivity index (χ0v) is 17.5. The topological polar surface area (TPSA) is 68.5 Å². The molecule has 2 aromatic heterocycles. The standard InChI is InChI=1S/C22H22FN3O3S/c1-28-20-9-15(23)6-7-16(20)18-12-30-21(24-18)14-3-2-8-26(11-14)22(27)17-10-19(29-25-17)13-4-5-13/h6-7,9-10,12-14H,2-5,8,11H2,1H3. The summed E-state index contributed by atoms with van der Waals surface area (Å²) in [4.78, 5) is 19.5. The molecule has 8 heteroatoms. The van der Waals surface area contributed by atoms with Gasteiger partial charge in [0.2, 0.25) is 0 Å². The van der Waals surface area contributed by atoms with Crippen LogP contribution >= 0.6 is 11.3 Å². The number of piperidine rings is 1. The van der Waals surface area contributed by atoms with Crippen LogP contribution in [0.5, 0.6) is 5.75 Å². The van der Waals surface area contributed by atoms with Gasteiger partial charge in [-0.25, -0.2) is 9.37 Å². The van der Waals surface area contributed by atoms with Gasteiger partial charge in [-0.15, -0.1) is 11.3 Å². The fourth-order valence-corrected chi connectivity index (χ4v) is 4.90. The highest BCUT2D eigenvalue weighted by atomic mass is 32.1. The van der Waals surface area contributed by atoms with Gasteiger partial charge in [-0.3, -0.25) is 4.79 Å². The zero-order chi connectivity index (χ0) is 20.7. The first-order valence-electron chi connectivity index (χ1n) is 10.2. The first-order valence-corrected chi connectivity index (χ1v) is 11.1. The van der Waals surface area contributed by atoms with Crippen molar-refractivity contribution in [1.82, 2.24) is 15.0 Å². The third-order valence-corrected chi connectivity index (χ3v) is 6.75. The second-order valence-corrected chi connectivity index (χ2v) is 8.78. The van der Waals surface area contributed by atoms with E-state index in [4.69, 9.17) is 14.2 Å². The minimum atomic E-state index is -0.342. The average Bonchev–Trinajstić information content (AvgIpc) is 3.30. The summed E-state index contributed by atoms with van der Waals surface area (Å²) in [6.07, 6.45) is 4.11. The van der Waals surface area contributed by atoms with Gasteiger partial charge in [0.05, 0.1) is 17.8 Å². The Hall–Kier alpha value is -2.74. The lowest BCUT2D eigenvalue weighted by Gasteiger charge is -2.31. The van der Waals surface area contributed by atoms with E-state index in [1.165, 1.54) is 19.2 Å². The number of rotatable bonds is 5. The molecule has 6 nitrogen and oxygen atoms in total. The molecule has 1 aliphatic carbocycles. The minimum Gasteiger partial charge on any atom is -0.496 e. The molecule has 1 aromatic carbocycles. The molecule has 2 aliphatic rings. The SMILES string of the molecule is COc1cc(F)ccc1-c1csc(C2CCCN(C(=O)c3cc(C4CC4)on3)C2)n1. The number of carbonyl (C=O) groups is 1. The summed E-state index contributed by atoms with van der Waals surface area (Å²) in [6, 6.07) is 6.26. The Kier molecular flexibility index (Phi) is 5.02. The Morgan fingerprint density at radius 3 is 2.93 bits per heavy atom. The quantitative estimate of drug-likeness (QED) is 0.583. The summed E-state index contributed by atoms with van der Waals surface area (Å²) in [6.45, 7) is 1.32. The van der Waals surface area contributed by atoms with E-state index >= 15 is 0 Å². The number of hydrogen-bond donors (Lipinski definition) is 0. The van der Waals surface area contributed by atoms with Crippen molar-refractivity contribution < 1.29 is 18.4 Å². The summed E-state index contributed by atoms with van der Waals surface area (Å²) < 4.78 is 24.2. The summed E-state index contributed by atoms with van der Waals surface area (Å²) in [5.74, 6) is 1.47. The number of nitrogens with zero attached hydrogens (tertiary/aromatic N) is 3. The van der Waals surface area contributed by atoms with Gasteiger partial charge in [0, 0.05) is 48.0 Å². The molecule has 0 spiro atoms. The van der Waals surface area contributed by atoms with Crippen molar-refractivity contribution in [1.29, 1.82) is 0 Å². The van der Waals surface area contributed by atoms with Crippen molar-refractivity contribution in [2.24, 2.45) is 0 Å². The minimum absolute atomic E-state index is 0.0765.